The highest BCUT2D eigenvalue weighted by molar-refractivity contribution is 8.03. The van der Waals surface area contributed by atoms with Crippen LogP contribution in [0.3, 0.4) is 0 Å². The third-order valence-corrected chi connectivity index (χ3v) is 5.18. The van der Waals surface area contributed by atoms with E-state index in [1.807, 2.05) is 0 Å². The molecular weight excluding hydrogens is 327 g/mol. The Hall–Kier alpha value is -2.11. The standard InChI is InChI=1S/C15H12F3N3OS/c1-3-7-21(13(22)20-15(21)19-6-8-23-15)11-4-5-12(10(2)9-11)14(16,17)18/h1,4-6,8-9,19H,7H2,2H3/p+1. The molecule has 120 valence electrons. The summed E-state index contributed by atoms with van der Waals surface area (Å²) in [5, 5.41) is 6.66. The van der Waals surface area contributed by atoms with Gasteiger partial charge >= 0.3 is 17.3 Å². The number of alkyl halides is 3. The molecule has 2 amide bonds. The molecule has 1 spiro atoms. The molecule has 0 radical (unpaired) electrons. The minimum Gasteiger partial charge on any atom is -0.311 e. The quantitative estimate of drug-likeness (QED) is 0.642. The van der Waals surface area contributed by atoms with Crippen molar-refractivity contribution >= 4 is 23.5 Å². The van der Waals surface area contributed by atoms with Gasteiger partial charge in [-0.05, 0) is 41.6 Å². The smallest absolute Gasteiger partial charge is 0.311 e. The van der Waals surface area contributed by atoms with Gasteiger partial charge in [0.05, 0.1) is 5.56 Å². The van der Waals surface area contributed by atoms with Gasteiger partial charge in [-0.2, -0.15) is 13.2 Å². The number of halogens is 3. The Labute approximate surface area is 135 Å². The summed E-state index contributed by atoms with van der Waals surface area (Å²) in [6, 6.07) is 3.33. The summed E-state index contributed by atoms with van der Waals surface area (Å²) in [7, 11) is 0. The van der Waals surface area contributed by atoms with Crippen LogP contribution in [0.1, 0.15) is 11.1 Å². The third kappa shape index (κ3) is 2.04. The Morgan fingerprint density at radius 1 is 1.43 bits per heavy atom. The van der Waals surface area contributed by atoms with Crippen molar-refractivity contribution in [3.8, 4) is 12.3 Å². The van der Waals surface area contributed by atoms with E-state index in [0.717, 1.165) is 6.07 Å². The van der Waals surface area contributed by atoms with Gasteiger partial charge in [-0.15, -0.1) is 10.9 Å². The van der Waals surface area contributed by atoms with E-state index in [4.69, 9.17) is 6.42 Å². The zero-order chi connectivity index (χ0) is 16.9. The summed E-state index contributed by atoms with van der Waals surface area (Å²) >= 11 is 1.32. The van der Waals surface area contributed by atoms with Crippen molar-refractivity contribution < 1.29 is 18.0 Å². The fourth-order valence-electron chi connectivity index (χ4n) is 2.92. The Bertz CT molecular complexity index is 745. The predicted molar refractivity (Wildman–Crippen MR) is 82.8 cm³/mol. The van der Waals surface area contributed by atoms with E-state index in [1.54, 1.807) is 11.6 Å². The number of thioether (sulfide) groups is 1. The molecule has 2 atom stereocenters. The normalized spacial score (nSPS) is 28.9. The molecule has 0 aromatic heterocycles. The van der Waals surface area contributed by atoms with Crippen LogP contribution in [0.15, 0.2) is 29.8 Å². The lowest BCUT2D eigenvalue weighted by Crippen LogP contribution is -2.90. The van der Waals surface area contributed by atoms with Gasteiger partial charge in [0.2, 0.25) is 0 Å². The van der Waals surface area contributed by atoms with E-state index < -0.39 is 16.9 Å². The monoisotopic (exact) mass is 340 g/mol. The summed E-state index contributed by atoms with van der Waals surface area (Å²) in [4.78, 5) is 12.4. The largest absolute Gasteiger partial charge is 0.433 e. The summed E-state index contributed by atoms with van der Waals surface area (Å²) in [5.74, 6) is 2.46. The number of hydrogen-bond donors (Lipinski definition) is 2. The molecule has 8 heteroatoms. The number of quaternary nitrogens is 1. The second-order valence-electron chi connectivity index (χ2n) is 5.31. The first-order chi connectivity index (χ1) is 10.8. The summed E-state index contributed by atoms with van der Waals surface area (Å²) < 4.78 is 38.6. The second-order valence-corrected chi connectivity index (χ2v) is 6.41. The average Bonchev–Trinajstić information content (AvgIpc) is 2.94. The van der Waals surface area contributed by atoms with Gasteiger partial charge < -0.3 is 5.32 Å². The molecular formula is C15H13F3N3OS+. The van der Waals surface area contributed by atoms with Gasteiger partial charge in [-0.25, -0.2) is 10.1 Å². The Morgan fingerprint density at radius 2 is 2.17 bits per heavy atom. The van der Waals surface area contributed by atoms with E-state index in [9.17, 15) is 18.0 Å². The fourth-order valence-corrected chi connectivity index (χ4v) is 3.97. The number of terminal acetylenes is 1. The number of amides is 2. The summed E-state index contributed by atoms with van der Waals surface area (Å²) in [6.45, 7) is 1.40. The first kappa shape index (κ1) is 15.8. The molecule has 0 aliphatic carbocycles. The van der Waals surface area contributed by atoms with Crippen molar-refractivity contribution in [2.24, 2.45) is 0 Å². The van der Waals surface area contributed by atoms with Gasteiger partial charge in [0.15, 0.2) is 6.54 Å². The predicted octanol–water partition coefficient (Wildman–Crippen LogP) is 3.10. The van der Waals surface area contributed by atoms with E-state index in [0.29, 0.717) is 5.69 Å². The number of urea groups is 1. The maximum absolute atomic E-state index is 12.9. The van der Waals surface area contributed by atoms with Crippen LogP contribution in [0.25, 0.3) is 0 Å². The van der Waals surface area contributed by atoms with Crippen LogP contribution >= 0.6 is 11.8 Å². The number of aryl methyl sites for hydroxylation is 1. The SMILES string of the molecule is C#CC[N+]1(c2ccc(C(F)(F)F)c(C)c2)C(=O)NC12NC=CS2. The average molecular weight is 340 g/mol. The number of benzene rings is 1. The van der Waals surface area contributed by atoms with Crippen molar-refractivity contribution in [2.75, 3.05) is 6.54 Å². The summed E-state index contributed by atoms with van der Waals surface area (Å²) in [5.41, 5.74) is -0.253. The molecule has 0 bridgehead atoms. The molecule has 1 aromatic rings. The Kier molecular flexibility index (Phi) is 3.39. The molecule has 3 rings (SSSR count). The van der Waals surface area contributed by atoms with Crippen LogP contribution in [0, 0.1) is 19.3 Å². The van der Waals surface area contributed by atoms with Crippen LogP contribution in [0.2, 0.25) is 0 Å². The fraction of sp³-hybridized carbons (Fsp3) is 0.267. The van der Waals surface area contributed by atoms with Crippen LogP contribution < -0.4 is 15.1 Å². The molecule has 2 unspecified atom stereocenters. The molecule has 1 aromatic carbocycles. The first-order valence-electron chi connectivity index (χ1n) is 6.70. The second kappa shape index (κ2) is 4.94. The molecule has 2 aliphatic rings. The van der Waals surface area contributed by atoms with Crippen LogP contribution in [0.4, 0.5) is 23.7 Å². The number of rotatable bonds is 2. The number of carbonyl (C=O) groups is 1. The van der Waals surface area contributed by atoms with Gasteiger partial charge in [-0.1, -0.05) is 0 Å². The highest BCUT2D eigenvalue weighted by Gasteiger charge is 2.70. The first-order valence-corrected chi connectivity index (χ1v) is 7.58. The molecule has 0 saturated carbocycles. The molecule has 2 N–H and O–H groups in total. The third-order valence-electron chi connectivity index (χ3n) is 4.03. The van der Waals surface area contributed by atoms with Crippen molar-refractivity contribution in [1.29, 1.82) is 0 Å². The van der Waals surface area contributed by atoms with Crippen molar-refractivity contribution in [1.82, 2.24) is 15.1 Å². The minimum absolute atomic E-state index is 0.0261. The maximum atomic E-state index is 12.9. The Balaban J connectivity index is 2.12. The van der Waals surface area contributed by atoms with Crippen molar-refractivity contribution in [3.63, 3.8) is 0 Å². The Morgan fingerprint density at radius 3 is 2.65 bits per heavy atom. The van der Waals surface area contributed by atoms with Crippen molar-refractivity contribution in [3.05, 3.63) is 40.9 Å². The van der Waals surface area contributed by atoms with Gasteiger partial charge in [0, 0.05) is 18.3 Å². The number of carbonyl (C=O) groups excluding carboxylic acids is 1. The van der Waals surface area contributed by atoms with E-state index >= 15 is 0 Å². The van der Waals surface area contributed by atoms with Crippen LogP contribution in [-0.4, -0.2) is 17.7 Å². The number of nitrogens with zero attached hydrogens (tertiary/aromatic N) is 1. The molecule has 23 heavy (non-hydrogen) atoms. The number of hydrogen-bond acceptors (Lipinski definition) is 3. The molecule has 1 fully saturated rings. The van der Waals surface area contributed by atoms with E-state index in [2.05, 4.69) is 16.6 Å². The number of nitrogens with one attached hydrogen (secondary N) is 2. The zero-order valence-corrected chi connectivity index (χ0v) is 12.9. The van der Waals surface area contributed by atoms with Crippen LogP contribution in [0.5, 0.6) is 0 Å². The lowest BCUT2D eigenvalue weighted by Gasteiger charge is -2.53. The highest BCUT2D eigenvalue weighted by Crippen LogP contribution is 2.47. The topological polar surface area (TPSA) is 41.1 Å². The van der Waals surface area contributed by atoms with Gasteiger partial charge in [0.25, 0.3) is 0 Å². The van der Waals surface area contributed by atoms with Gasteiger partial charge in [-0.3, -0.25) is 0 Å². The van der Waals surface area contributed by atoms with E-state index in [1.165, 1.54) is 30.8 Å². The summed E-state index contributed by atoms with van der Waals surface area (Å²) in [6.07, 6.45) is 2.67. The van der Waals surface area contributed by atoms with Gasteiger partial charge in [0.1, 0.15) is 5.69 Å². The molecule has 4 nitrogen and oxygen atoms in total. The molecule has 1 saturated heterocycles. The minimum atomic E-state index is -4.43. The lowest BCUT2D eigenvalue weighted by molar-refractivity contribution is -0.138. The van der Waals surface area contributed by atoms with E-state index in [-0.39, 0.29) is 22.6 Å². The maximum Gasteiger partial charge on any atom is 0.433 e. The van der Waals surface area contributed by atoms with Crippen molar-refractivity contribution in [2.45, 2.75) is 18.2 Å². The zero-order valence-electron chi connectivity index (χ0n) is 12.1. The van der Waals surface area contributed by atoms with Crippen LogP contribution in [-0.2, 0) is 6.18 Å². The molecule has 2 heterocycles. The lowest BCUT2D eigenvalue weighted by atomic mass is 10.0. The highest BCUT2D eigenvalue weighted by atomic mass is 32.2. The molecule has 2 aliphatic heterocycles.